The Morgan fingerprint density at radius 2 is 0.840 bits per heavy atom. The Morgan fingerprint density at radius 3 is 1.12 bits per heavy atom. The molecule has 4 aromatic rings. The molecule has 6 unspecified atom stereocenters. The van der Waals surface area contributed by atoms with Crippen LogP contribution in [-0.4, -0.2) is 167 Å². The van der Waals surface area contributed by atoms with Gasteiger partial charge in [0.15, 0.2) is 46.0 Å². The van der Waals surface area contributed by atoms with Crippen molar-refractivity contribution < 1.29 is 95.9 Å². The summed E-state index contributed by atoms with van der Waals surface area (Å²) >= 11 is 0. The molecule has 0 radical (unpaired) electrons. The summed E-state index contributed by atoms with van der Waals surface area (Å²) in [4.78, 5) is 89.1. The SMILES string of the molecule is CCCC(C#N)(CCCN(C)C(C)c1ccc(OC(OC(=O)C(=O)OC(Oc2ccc(C(C)N(C)CCCC(C#N)(CCC)c3cc(OC)c(OC)c(OC)c3)cc2OC)C(=O)NCCO[N+](=O)[O-])C(=O)NCCO[N+](=O)[O-])c(OC)c1)c1cc(OC)c(OC)c(OC)c1. The van der Waals surface area contributed by atoms with Crippen LogP contribution < -0.4 is 58.0 Å². The molecule has 4 aromatic carbocycles. The van der Waals surface area contributed by atoms with Crippen molar-refractivity contribution in [2.45, 2.75) is 115 Å². The van der Waals surface area contributed by atoms with E-state index in [9.17, 15) is 49.9 Å². The molecule has 2 amide bonds. The zero-order valence-electron chi connectivity index (χ0n) is 55.6. The molecule has 0 aliphatic heterocycles. The third-order valence-corrected chi connectivity index (χ3v) is 15.8. The van der Waals surface area contributed by atoms with E-state index >= 15 is 0 Å². The monoisotopic (exact) mass is 1320 g/mol. The van der Waals surface area contributed by atoms with E-state index in [2.05, 4.69) is 42.2 Å². The van der Waals surface area contributed by atoms with Gasteiger partial charge < -0.3 is 77.2 Å². The number of rotatable bonds is 42. The lowest BCUT2D eigenvalue weighted by Crippen LogP contribution is -2.46. The van der Waals surface area contributed by atoms with E-state index in [1.165, 1.54) is 69.0 Å². The Morgan fingerprint density at radius 1 is 0.511 bits per heavy atom. The van der Waals surface area contributed by atoms with Crippen LogP contribution in [0.25, 0.3) is 0 Å². The maximum absolute atomic E-state index is 13.7. The number of ether oxygens (including phenoxy) is 12. The summed E-state index contributed by atoms with van der Waals surface area (Å²) in [6, 6.07) is 21.1. The van der Waals surface area contributed by atoms with Gasteiger partial charge in [0.2, 0.25) is 11.5 Å². The van der Waals surface area contributed by atoms with Crippen molar-refractivity contribution in [1.29, 1.82) is 10.5 Å². The molecule has 0 saturated carbocycles. The third-order valence-electron chi connectivity index (χ3n) is 15.8. The van der Waals surface area contributed by atoms with Crippen molar-refractivity contribution in [1.82, 2.24) is 20.4 Å². The number of carbonyl (C=O) groups is 4. The van der Waals surface area contributed by atoms with Crippen LogP contribution >= 0.6 is 0 Å². The van der Waals surface area contributed by atoms with Crippen molar-refractivity contribution in [3.8, 4) is 69.6 Å². The minimum atomic E-state index is -2.34. The molecule has 30 nitrogen and oxygen atoms in total. The summed E-state index contributed by atoms with van der Waals surface area (Å²) in [5.74, 6) is -4.04. The summed E-state index contributed by atoms with van der Waals surface area (Å²) in [7, 11) is 15.5. The van der Waals surface area contributed by atoms with Crippen molar-refractivity contribution in [3.05, 3.63) is 103 Å². The Balaban J connectivity index is 1.56. The fourth-order valence-corrected chi connectivity index (χ4v) is 10.5. The zero-order chi connectivity index (χ0) is 69.7. The molecule has 30 heteroatoms. The van der Waals surface area contributed by atoms with Gasteiger partial charge in [-0.1, -0.05) is 38.8 Å². The highest BCUT2D eigenvalue weighted by Crippen LogP contribution is 2.46. The van der Waals surface area contributed by atoms with Crippen LogP contribution in [0.3, 0.4) is 0 Å². The molecule has 0 aromatic heterocycles. The molecule has 0 aliphatic carbocycles. The van der Waals surface area contributed by atoms with Crippen LogP contribution in [0.1, 0.15) is 113 Å². The molecular formula is C64H86N8O22. The van der Waals surface area contributed by atoms with E-state index in [0.29, 0.717) is 97.2 Å². The van der Waals surface area contributed by atoms with E-state index < -0.39 is 83.6 Å². The fourth-order valence-electron chi connectivity index (χ4n) is 10.5. The first-order chi connectivity index (χ1) is 45.0. The second-order valence-electron chi connectivity index (χ2n) is 21.5. The maximum Gasteiger partial charge on any atom is 0.421 e. The third kappa shape index (κ3) is 20.5. The number of methoxy groups -OCH3 is 8. The van der Waals surface area contributed by atoms with Gasteiger partial charge >= 0.3 is 36.3 Å². The van der Waals surface area contributed by atoms with Gasteiger partial charge in [0.1, 0.15) is 13.2 Å². The highest BCUT2D eigenvalue weighted by Gasteiger charge is 2.38. The first-order valence-corrected chi connectivity index (χ1v) is 30.0. The molecule has 0 spiro atoms. The average molecular weight is 1320 g/mol. The second-order valence-corrected chi connectivity index (χ2v) is 21.5. The van der Waals surface area contributed by atoms with Crippen LogP contribution in [0.4, 0.5) is 0 Å². The van der Waals surface area contributed by atoms with E-state index in [0.717, 1.165) is 24.0 Å². The molecule has 2 N–H and O–H groups in total. The van der Waals surface area contributed by atoms with Crippen LogP contribution in [0.15, 0.2) is 60.7 Å². The minimum Gasteiger partial charge on any atom is -0.493 e. The standard InChI is InChI=1S/C64H86N8O22/c1-15-23-63(39-65,45-35-51(83-9)55(87-13)52(36-45)84-10)25-17-29-69(5)41(3)43-19-21-47(49(33-43)81-7)91-61(57(73)67-27-31-89-71(77)78)93-59(75)60(76)94-62(58(74)68-28-32-90-72(79)80)92-48-22-20-44(34-50(48)82-8)42(4)70(6)30-18-26-64(40-66,24-16-2)46-37-53(85-11)56(88-14)54(38-46)86-12/h19-22,33-38,41-42,61-62H,15-18,23-32H2,1-14H3,(H,67,73)(H,68,74). The number of benzene rings is 4. The Kier molecular flexibility index (Phi) is 30.6. The summed E-state index contributed by atoms with van der Waals surface area (Å²) in [5.41, 5.74) is 1.07. The number of esters is 2. The summed E-state index contributed by atoms with van der Waals surface area (Å²) < 4.78 is 67.0. The number of hydrogen-bond donors (Lipinski definition) is 2. The largest absolute Gasteiger partial charge is 0.493 e. The van der Waals surface area contributed by atoms with E-state index in [4.69, 9.17) is 56.8 Å². The van der Waals surface area contributed by atoms with Crippen LogP contribution in [-0.2, 0) is 49.2 Å². The smallest absolute Gasteiger partial charge is 0.421 e. The van der Waals surface area contributed by atoms with Crippen molar-refractivity contribution in [2.24, 2.45) is 0 Å². The van der Waals surface area contributed by atoms with Crippen LogP contribution in [0.2, 0.25) is 0 Å². The molecule has 514 valence electrons. The predicted molar refractivity (Wildman–Crippen MR) is 336 cm³/mol. The molecule has 4 rings (SSSR count). The van der Waals surface area contributed by atoms with E-state index in [1.807, 2.05) is 41.8 Å². The number of nitriles is 2. The summed E-state index contributed by atoms with van der Waals surface area (Å²) in [5, 5.41) is 45.5. The molecule has 0 aliphatic rings. The molecule has 0 bridgehead atoms. The number of nitrogens with zero attached hydrogens (tertiary/aromatic N) is 6. The number of carbonyl (C=O) groups excluding carboxylic acids is 4. The topological polar surface area (TPSA) is 362 Å². The highest BCUT2D eigenvalue weighted by atomic mass is 17.0. The Hall–Kier alpha value is -9.94. The first-order valence-electron chi connectivity index (χ1n) is 30.0. The predicted octanol–water partition coefficient (Wildman–Crippen LogP) is 7.67. The normalized spacial score (nSPS) is 13.5. The lowest BCUT2D eigenvalue weighted by Gasteiger charge is -2.31. The second kappa shape index (κ2) is 37.5. The lowest BCUT2D eigenvalue weighted by molar-refractivity contribution is -0.757. The summed E-state index contributed by atoms with van der Waals surface area (Å²) in [6.45, 7) is 6.62. The van der Waals surface area contributed by atoms with Crippen molar-refractivity contribution in [3.63, 3.8) is 0 Å². The van der Waals surface area contributed by atoms with Gasteiger partial charge in [-0.3, -0.25) is 19.4 Å². The molecule has 94 heavy (non-hydrogen) atoms. The van der Waals surface area contributed by atoms with E-state index in [1.54, 1.807) is 48.5 Å². The number of nitrogens with one attached hydrogen (secondary N) is 2. The summed E-state index contributed by atoms with van der Waals surface area (Å²) in [6.07, 6.45) is 0.0273. The highest BCUT2D eigenvalue weighted by molar-refractivity contribution is 6.30. The van der Waals surface area contributed by atoms with Gasteiger partial charge in [-0.25, -0.2) is 9.59 Å². The van der Waals surface area contributed by atoms with Gasteiger partial charge in [-0.05, 0) is 150 Å². The number of hydrogen-bond acceptors (Lipinski definition) is 26. The maximum atomic E-state index is 13.7. The van der Waals surface area contributed by atoms with Gasteiger partial charge in [0, 0.05) is 25.2 Å². The Labute approximate surface area is 546 Å². The van der Waals surface area contributed by atoms with Gasteiger partial charge in [-0.2, -0.15) is 10.5 Å². The first kappa shape index (κ1) is 76.5. The molecule has 6 atom stereocenters. The Bertz CT molecular complexity index is 3020. The van der Waals surface area contributed by atoms with E-state index in [-0.39, 0.29) is 35.1 Å². The zero-order valence-corrected chi connectivity index (χ0v) is 55.6. The van der Waals surface area contributed by atoms with Crippen LogP contribution in [0, 0.1) is 42.9 Å². The molecule has 0 heterocycles. The lowest BCUT2D eigenvalue weighted by atomic mass is 9.74. The average Bonchev–Trinajstić information content (AvgIpc) is 0.800. The van der Waals surface area contributed by atoms with Gasteiger partial charge in [-0.15, -0.1) is 20.2 Å². The number of amides is 2. The van der Waals surface area contributed by atoms with Crippen molar-refractivity contribution in [2.75, 3.05) is 110 Å². The fraction of sp³-hybridized carbons (Fsp3) is 0.531. The van der Waals surface area contributed by atoms with Crippen molar-refractivity contribution >= 4 is 23.8 Å². The van der Waals surface area contributed by atoms with Gasteiger partial charge in [0.25, 0.3) is 10.2 Å². The molecule has 0 fully saturated rings. The quantitative estimate of drug-likeness (QED) is 0.0107. The molecule has 0 saturated heterocycles. The minimum absolute atomic E-state index is 0.0325. The molecular weight excluding hydrogens is 1230 g/mol. The van der Waals surface area contributed by atoms with Gasteiger partial charge in [0.05, 0.1) is 79.8 Å². The van der Waals surface area contributed by atoms with Crippen LogP contribution in [0.5, 0.6) is 57.5 Å².